The standard InChI is InChI=1S/C16H24N2O2S/c1-3-21(19,20)16-7-5-4-6-15(16)18(2)14-10-12-8-9-13(11-14)17-12/h4-7,12-14,17H,3,8-11H2,1-2H3. The Hall–Kier alpha value is -1.07. The first-order valence-electron chi connectivity index (χ1n) is 7.82. The molecule has 21 heavy (non-hydrogen) atoms. The third-order valence-electron chi connectivity index (χ3n) is 4.96. The summed E-state index contributed by atoms with van der Waals surface area (Å²) >= 11 is 0. The van der Waals surface area contributed by atoms with Crippen LogP contribution in [0.3, 0.4) is 0 Å². The number of benzene rings is 1. The Bertz CT molecular complexity index is 602. The van der Waals surface area contributed by atoms with E-state index in [1.165, 1.54) is 12.8 Å². The van der Waals surface area contributed by atoms with Gasteiger partial charge in [0.1, 0.15) is 0 Å². The van der Waals surface area contributed by atoms with Crippen molar-refractivity contribution in [3.8, 4) is 0 Å². The second-order valence-electron chi connectivity index (χ2n) is 6.25. The lowest BCUT2D eigenvalue weighted by molar-refractivity contribution is 0.354. The molecule has 2 atom stereocenters. The molecule has 4 nitrogen and oxygen atoms in total. The zero-order valence-electron chi connectivity index (χ0n) is 12.7. The first-order chi connectivity index (χ1) is 10.0. The SMILES string of the molecule is CCS(=O)(=O)c1ccccc1N(C)C1CC2CCC(C1)N2. The molecule has 2 saturated heterocycles. The Morgan fingerprint density at radius 3 is 2.43 bits per heavy atom. The first-order valence-corrected chi connectivity index (χ1v) is 9.47. The molecule has 0 saturated carbocycles. The number of nitrogens with zero attached hydrogens (tertiary/aromatic N) is 1. The Labute approximate surface area is 127 Å². The van der Waals surface area contributed by atoms with Crippen molar-refractivity contribution < 1.29 is 8.42 Å². The lowest BCUT2D eigenvalue weighted by Gasteiger charge is -2.37. The van der Waals surface area contributed by atoms with Crippen LogP contribution in [0.2, 0.25) is 0 Å². The van der Waals surface area contributed by atoms with Crippen LogP contribution < -0.4 is 10.2 Å². The molecule has 1 aromatic carbocycles. The number of hydrogen-bond donors (Lipinski definition) is 1. The molecule has 2 fully saturated rings. The van der Waals surface area contributed by atoms with E-state index in [0.717, 1.165) is 18.5 Å². The van der Waals surface area contributed by atoms with Crippen molar-refractivity contribution in [1.82, 2.24) is 5.32 Å². The minimum absolute atomic E-state index is 0.148. The maximum absolute atomic E-state index is 12.3. The minimum Gasteiger partial charge on any atom is -0.370 e. The van der Waals surface area contributed by atoms with E-state index in [1.807, 2.05) is 25.2 Å². The van der Waals surface area contributed by atoms with E-state index in [0.29, 0.717) is 23.0 Å². The van der Waals surface area contributed by atoms with Gasteiger partial charge in [-0.15, -0.1) is 0 Å². The molecule has 2 unspecified atom stereocenters. The van der Waals surface area contributed by atoms with Gasteiger partial charge in [-0.05, 0) is 37.8 Å². The summed E-state index contributed by atoms with van der Waals surface area (Å²) in [4.78, 5) is 2.66. The van der Waals surface area contributed by atoms with E-state index in [9.17, 15) is 8.42 Å². The molecule has 5 heteroatoms. The fourth-order valence-electron chi connectivity index (χ4n) is 3.71. The van der Waals surface area contributed by atoms with Crippen LogP contribution in [0.15, 0.2) is 29.2 Å². The smallest absolute Gasteiger partial charge is 0.180 e. The van der Waals surface area contributed by atoms with Crippen LogP contribution in [0.25, 0.3) is 0 Å². The van der Waals surface area contributed by atoms with Gasteiger partial charge in [0.2, 0.25) is 0 Å². The van der Waals surface area contributed by atoms with E-state index in [2.05, 4.69) is 10.2 Å². The Balaban J connectivity index is 1.90. The van der Waals surface area contributed by atoms with Gasteiger partial charge < -0.3 is 10.2 Å². The van der Waals surface area contributed by atoms with Crippen LogP contribution in [-0.2, 0) is 9.84 Å². The summed E-state index contributed by atoms with van der Waals surface area (Å²) in [7, 11) is -1.14. The second kappa shape index (κ2) is 5.61. The number of sulfone groups is 1. The van der Waals surface area contributed by atoms with E-state index < -0.39 is 9.84 Å². The third-order valence-corrected chi connectivity index (χ3v) is 6.73. The Morgan fingerprint density at radius 1 is 1.19 bits per heavy atom. The van der Waals surface area contributed by atoms with Gasteiger partial charge in [-0.1, -0.05) is 19.1 Å². The lowest BCUT2D eigenvalue weighted by Crippen LogP contribution is -2.47. The van der Waals surface area contributed by atoms with Gasteiger partial charge in [0.05, 0.1) is 16.3 Å². The Morgan fingerprint density at radius 2 is 1.81 bits per heavy atom. The van der Waals surface area contributed by atoms with E-state index >= 15 is 0 Å². The first kappa shape index (κ1) is 14.9. The highest BCUT2D eigenvalue weighted by Gasteiger charge is 2.36. The molecule has 0 radical (unpaired) electrons. The average Bonchev–Trinajstić information content (AvgIpc) is 2.84. The summed E-state index contributed by atoms with van der Waals surface area (Å²) < 4.78 is 24.6. The normalized spacial score (nSPS) is 28.6. The van der Waals surface area contributed by atoms with Crippen molar-refractivity contribution in [2.45, 2.75) is 55.6 Å². The molecule has 0 spiro atoms. The van der Waals surface area contributed by atoms with Crippen molar-refractivity contribution in [2.24, 2.45) is 0 Å². The Kier molecular flexibility index (Phi) is 3.97. The van der Waals surface area contributed by atoms with Crippen molar-refractivity contribution in [3.05, 3.63) is 24.3 Å². The number of nitrogens with one attached hydrogen (secondary N) is 1. The van der Waals surface area contributed by atoms with Gasteiger partial charge in [-0.3, -0.25) is 0 Å². The highest BCUT2D eigenvalue weighted by Crippen LogP contribution is 2.34. The summed E-state index contributed by atoms with van der Waals surface area (Å²) in [6, 6.07) is 9.05. The molecular formula is C16H24N2O2S. The molecule has 2 heterocycles. The van der Waals surface area contributed by atoms with Gasteiger partial charge in [-0.25, -0.2) is 8.42 Å². The predicted molar refractivity (Wildman–Crippen MR) is 85.5 cm³/mol. The molecule has 0 aliphatic carbocycles. The minimum atomic E-state index is -3.18. The summed E-state index contributed by atoms with van der Waals surface area (Å²) in [6.07, 6.45) is 4.72. The van der Waals surface area contributed by atoms with Gasteiger partial charge in [0.15, 0.2) is 9.84 Å². The maximum atomic E-state index is 12.3. The summed E-state index contributed by atoms with van der Waals surface area (Å²) in [5.41, 5.74) is 0.852. The van der Waals surface area contributed by atoms with Gasteiger partial charge >= 0.3 is 0 Å². The summed E-state index contributed by atoms with van der Waals surface area (Å²) in [6.45, 7) is 1.71. The fraction of sp³-hybridized carbons (Fsp3) is 0.625. The van der Waals surface area contributed by atoms with Crippen molar-refractivity contribution in [3.63, 3.8) is 0 Å². The van der Waals surface area contributed by atoms with Gasteiger partial charge in [0.25, 0.3) is 0 Å². The summed E-state index contributed by atoms with van der Waals surface area (Å²) in [5, 5.41) is 3.64. The van der Waals surface area contributed by atoms with E-state index in [-0.39, 0.29) is 5.75 Å². The number of fused-ring (bicyclic) bond motifs is 2. The zero-order chi connectivity index (χ0) is 15.0. The van der Waals surface area contributed by atoms with E-state index in [1.54, 1.807) is 13.0 Å². The summed E-state index contributed by atoms with van der Waals surface area (Å²) in [5.74, 6) is 0.148. The zero-order valence-corrected chi connectivity index (χ0v) is 13.6. The molecule has 0 amide bonds. The number of hydrogen-bond acceptors (Lipinski definition) is 4. The number of rotatable bonds is 4. The molecule has 116 valence electrons. The lowest BCUT2D eigenvalue weighted by atomic mass is 9.98. The van der Waals surface area contributed by atoms with Crippen molar-refractivity contribution in [2.75, 3.05) is 17.7 Å². The monoisotopic (exact) mass is 308 g/mol. The highest BCUT2D eigenvalue weighted by molar-refractivity contribution is 7.91. The molecule has 2 bridgehead atoms. The number of piperidine rings is 1. The van der Waals surface area contributed by atoms with Crippen LogP contribution in [0.1, 0.15) is 32.6 Å². The van der Waals surface area contributed by atoms with Crippen LogP contribution in [-0.4, -0.2) is 39.3 Å². The van der Waals surface area contributed by atoms with E-state index in [4.69, 9.17) is 0 Å². The third kappa shape index (κ3) is 2.81. The van der Waals surface area contributed by atoms with Crippen LogP contribution in [0.4, 0.5) is 5.69 Å². The molecule has 1 aromatic rings. The van der Waals surface area contributed by atoms with Gasteiger partial charge in [-0.2, -0.15) is 0 Å². The van der Waals surface area contributed by atoms with Crippen LogP contribution >= 0.6 is 0 Å². The number of para-hydroxylation sites is 1. The van der Waals surface area contributed by atoms with Gasteiger partial charge in [0, 0.05) is 25.2 Å². The molecule has 1 N–H and O–H groups in total. The molecular weight excluding hydrogens is 284 g/mol. The van der Waals surface area contributed by atoms with Crippen LogP contribution in [0.5, 0.6) is 0 Å². The topological polar surface area (TPSA) is 49.4 Å². The highest BCUT2D eigenvalue weighted by atomic mass is 32.2. The van der Waals surface area contributed by atoms with Crippen molar-refractivity contribution in [1.29, 1.82) is 0 Å². The molecule has 2 aliphatic heterocycles. The van der Waals surface area contributed by atoms with Crippen LogP contribution in [0, 0.1) is 0 Å². The maximum Gasteiger partial charge on any atom is 0.180 e. The number of anilines is 1. The average molecular weight is 308 g/mol. The largest absolute Gasteiger partial charge is 0.370 e. The fourth-order valence-corrected chi connectivity index (χ4v) is 4.83. The quantitative estimate of drug-likeness (QED) is 0.926. The van der Waals surface area contributed by atoms with Crippen molar-refractivity contribution >= 4 is 15.5 Å². The second-order valence-corrected chi connectivity index (χ2v) is 8.49. The molecule has 0 aromatic heterocycles. The predicted octanol–water partition coefficient (Wildman–Crippen LogP) is 2.20. The molecule has 3 rings (SSSR count). The molecule has 2 aliphatic rings.